The number of carbonyl (C=O) groups is 2. The number of hydrogen-bond donors (Lipinski definition) is 5. The largest absolute Gasteiger partial charge is 0.399 e. The van der Waals surface area contributed by atoms with Crippen molar-refractivity contribution in [3.8, 4) is 0 Å². The van der Waals surface area contributed by atoms with Crippen molar-refractivity contribution < 1.29 is 14.7 Å². The van der Waals surface area contributed by atoms with Crippen LogP contribution in [0.15, 0.2) is 36.4 Å². The molecule has 2 saturated carbocycles. The number of hydrogen-bond acceptors (Lipinski definition) is 5. The number of halogens is 2. The maximum Gasteiger partial charge on any atom is 0.238 e. The van der Waals surface area contributed by atoms with E-state index >= 15 is 0 Å². The summed E-state index contributed by atoms with van der Waals surface area (Å²) in [5.74, 6) is -0.829. The van der Waals surface area contributed by atoms with E-state index in [9.17, 15) is 14.7 Å². The lowest BCUT2D eigenvalue weighted by molar-refractivity contribution is -0.125. The number of nitrogens with one attached hydrogen (secondary N) is 3. The molecule has 2 amide bonds. The van der Waals surface area contributed by atoms with E-state index in [1.165, 1.54) is 0 Å². The van der Waals surface area contributed by atoms with E-state index in [1.54, 1.807) is 12.1 Å². The Morgan fingerprint density at radius 1 is 1.00 bits per heavy atom. The second-order valence-corrected chi connectivity index (χ2v) is 14.0. The number of amides is 2. The fourth-order valence-corrected chi connectivity index (χ4v) is 8.44. The average molecular weight is 586 g/mol. The van der Waals surface area contributed by atoms with E-state index in [4.69, 9.17) is 28.9 Å². The number of fused-ring (bicyclic) bond motifs is 3. The second kappa shape index (κ2) is 9.90. The van der Waals surface area contributed by atoms with E-state index in [0.717, 1.165) is 49.7 Å². The Labute approximate surface area is 245 Å². The summed E-state index contributed by atoms with van der Waals surface area (Å²) in [4.78, 5) is 28.8. The zero-order valence-electron chi connectivity index (χ0n) is 23.0. The molecular weight excluding hydrogens is 547 g/mol. The van der Waals surface area contributed by atoms with Gasteiger partial charge in [0.2, 0.25) is 11.8 Å². The van der Waals surface area contributed by atoms with E-state index in [2.05, 4.69) is 29.8 Å². The molecule has 2 aliphatic heterocycles. The zero-order valence-corrected chi connectivity index (χ0v) is 24.5. The Balaban J connectivity index is 1.53. The summed E-state index contributed by atoms with van der Waals surface area (Å²) < 4.78 is 0. The Morgan fingerprint density at radius 3 is 2.38 bits per heavy atom. The van der Waals surface area contributed by atoms with E-state index in [-0.39, 0.29) is 29.4 Å². The minimum atomic E-state index is -1.08. The van der Waals surface area contributed by atoms with Crippen molar-refractivity contribution in [2.45, 2.75) is 100 Å². The minimum absolute atomic E-state index is 0.0240. The van der Waals surface area contributed by atoms with Gasteiger partial charge >= 0.3 is 0 Å². The number of nitrogen functional groups attached to an aromatic ring is 1. The summed E-state index contributed by atoms with van der Waals surface area (Å²) in [5, 5.41) is 21.2. The van der Waals surface area contributed by atoms with Crippen LogP contribution in [-0.2, 0) is 15.0 Å². The summed E-state index contributed by atoms with van der Waals surface area (Å²) in [6.45, 7) is 4.53. The molecule has 0 bridgehead atoms. The molecule has 2 aliphatic carbocycles. The maximum atomic E-state index is 14.5. The fourth-order valence-electron chi connectivity index (χ4n) is 8.01. The van der Waals surface area contributed by atoms with Gasteiger partial charge in [-0.3, -0.25) is 14.9 Å². The summed E-state index contributed by atoms with van der Waals surface area (Å²) in [6, 6.07) is 10.2. The van der Waals surface area contributed by atoms with Gasteiger partial charge in [-0.25, -0.2) is 0 Å². The predicted octanol–water partition coefficient (Wildman–Crippen LogP) is 5.28. The number of rotatable bonds is 3. The van der Waals surface area contributed by atoms with Crippen molar-refractivity contribution in [3.05, 3.63) is 57.6 Å². The predicted molar refractivity (Wildman–Crippen MR) is 159 cm³/mol. The molecule has 3 fully saturated rings. The van der Waals surface area contributed by atoms with Crippen LogP contribution in [0.4, 0.5) is 11.4 Å². The molecular formula is C31H38Cl2N4O3. The van der Waals surface area contributed by atoms with Crippen LogP contribution in [0.2, 0.25) is 10.0 Å². The van der Waals surface area contributed by atoms with Crippen LogP contribution < -0.4 is 21.7 Å². The third-order valence-electron chi connectivity index (χ3n) is 10.1. The van der Waals surface area contributed by atoms with Crippen molar-refractivity contribution in [1.82, 2.24) is 10.6 Å². The van der Waals surface area contributed by atoms with Gasteiger partial charge in [-0.05, 0) is 98.2 Å². The molecule has 6 N–H and O–H groups in total. The molecule has 2 aromatic rings. The fraction of sp³-hybridized carbons (Fsp3) is 0.548. The van der Waals surface area contributed by atoms with Crippen molar-refractivity contribution in [3.63, 3.8) is 0 Å². The van der Waals surface area contributed by atoms with Gasteiger partial charge < -0.3 is 21.5 Å². The monoisotopic (exact) mass is 584 g/mol. The third kappa shape index (κ3) is 4.41. The van der Waals surface area contributed by atoms with Crippen molar-refractivity contribution in [1.29, 1.82) is 0 Å². The summed E-state index contributed by atoms with van der Waals surface area (Å²) in [5.41, 5.74) is 7.48. The van der Waals surface area contributed by atoms with Gasteiger partial charge in [0.25, 0.3) is 0 Å². The van der Waals surface area contributed by atoms with Gasteiger partial charge in [0.1, 0.15) is 5.41 Å². The molecule has 2 aromatic carbocycles. The van der Waals surface area contributed by atoms with Gasteiger partial charge in [0.05, 0.1) is 12.1 Å². The van der Waals surface area contributed by atoms with Crippen LogP contribution in [0, 0.1) is 5.41 Å². The molecule has 3 atom stereocenters. The van der Waals surface area contributed by atoms with Gasteiger partial charge in [0, 0.05) is 38.9 Å². The van der Waals surface area contributed by atoms with Crippen LogP contribution in [0.3, 0.4) is 0 Å². The van der Waals surface area contributed by atoms with Gasteiger partial charge in [-0.1, -0.05) is 43.1 Å². The molecule has 1 saturated heterocycles. The molecule has 40 heavy (non-hydrogen) atoms. The number of aliphatic hydroxyl groups excluding tert-OH is 1. The standard InChI is InChI=1S/C31H38Cl2N4O3/c1-29(2)9-11-30(12-10-29)31(23-8-3-18(32)16-24(23)36-28(31)40)25(17-13-19(33)15-20(34)14-17)26(37-30)27(39)35-21-4-6-22(38)7-5-21/h3,8,13-16,21-22,25-26,37-38H,4-7,9-12,34H2,1-2H3,(H,35,39)(H,36,40)/t21?,22?,25-,26+,31+/m0/s1. The molecule has 214 valence electrons. The highest BCUT2D eigenvalue weighted by Gasteiger charge is 2.72. The summed E-state index contributed by atoms with van der Waals surface area (Å²) >= 11 is 12.9. The van der Waals surface area contributed by atoms with Gasteiger partial charge in [-0.15, -0.1) is 0 Å². The molecule has 0 unspecified atom stereocenters. The first-order valence-corrected chi connectivity index (χ1v) is 15.1. The van der Waals surface area contributed by atoms with Crippen LogP contribution in [0.1, 0.15) is 82.3 Å². The van der Waals surface area contributed by atoms with Crippen LogP contribution in [-0.4, -0.2) is 40.6 Å². The average Bonchev–Trinajstić information content (AvgIpc) is 3.34. The first kappa shape index (κ1) is 27.8. The number of carbonyl (C=O) groups excluding carboxylic acids is 2. The normalized spacial score (nSPS) is 32.2. The molecule has 7 nitrogen and oxygen atoms in total. The Morgan fingerprint density at radius 2 is 1.70 bits per heavy atom. The molecule has 0 aromatic heterocycles. The highest BCUT2D eigenvalue weighted by atomic mass is 35.5. The van der Waals surface area contributed by atoms with Gasteiger partial charge in [-0.2, -0.15) is 0 Å². The van der Waals surface area contributed by atoms with Crippen molar-refractivity contribution >= 4 is 46.4 Å². The van der Waals surface area contributed by atoms with E-state index < -0.39 is 22.9 Å². The lowest BCUT2D eigenvalue weighted by Gasteiger charge is -2.50. The summed E-state index contributed by atoms with van der Waals surface area (Å²) in [6.07, 6.45) is 5.76. The van der Waals surface area contributed by atoms with Crippen LogP contribution in [0.25, 0.3) is 0 Å². The quantitative estimate of drug-likeness (QED) is 0.315. The topological polar surface area (TPSA) is 116 Å². The minimum Gasteiger partial charge on any atom is -0.399 e. The number of aliphatic hydroxyl groups is 1. The second-order valence-electron chi connectivity index (χ2n) is 13.1. The molecule has 0 radical (unpaired) electrons. The molecule has 4 aliphatic rings. The highest BCUT2D eigenvalue weighted by Crippen LogP contribution is 2.64. The smallest absolute Gasteiger partial charge is 0.238 e. The van der Waals surface area contributed by atoms with Crippen LogP contribution in [0.5, 0.6) is 0 Å². The molecule has 2 heterocycles. The Bertz CT molecular complexity index is 1330. The zero-order chi connectivity index (χ0) is 28.4. The van der Waals surface area contributed by atoms with Crippen molar-refractivity contribution in [2.24, 2.45) is 5.41 Å². The molecule has 2 spiro atoms. The third-order valence-corrected chi connectivity index (χ3v) is 10.5. The SMILES string of the molecule is CC1(C)CCC2(CC1)N[C@@H](C(=O)NC1CCC(O)CC1)[C@H](c1cc(N)cc(Cl)c1)[C@]21C(=O)Nc2cc(Cl)ccc21. The van der Waals surface area contributed by atoms with E-state index in [0.29, 0.717) is 34.3 Å². The number of benzene rings is 2. The first-order chi connectivity index (χ1) is 18.9. The first-order valence-electron chi connectivity index (χ1n) is 14.4. The Kier molecular flexibility index (Phi) is 6.89. The van der Waals surface area contributed by atoms with Crippen molar-refractivity contribution in [2.75, 3.05) is 11.1 Å². The lowest BCUT2D eigenvalue weighted by atomic mass is 9.53. The maximum absolute atomic E-state index is 14.5. The van der Waals surface area contributed by atoms with E-state index in [1.807, 2.05) is 24.3 Å². The number of anilines is 2. The summed E-state index contributed by atoms with van der Waals surface area (Å²) in [7, 11) is 0. The lowest BCUT2D eigenvalue weighted by Crippen LogP contribution is -2.61. The molecule has 6 rings (SSSR count). The highest BCUT2D eigenvalue weighted by molar-refractivity contribution is 6.31. The van der Waals surface area contributed by atoms with Crippen LogP contribution >= 0.6 is 23.2 Å². The number of nitrogens with two attached hydrogens (primary N) is 1. The van der Waals surface area contributed by atoms with Gasteiger partial charge in [0.15, 0.2) is 0 Å². The Hall–Kier alpha value is -2.32. The molecule has 9 heteroatoms.